The van der Waals surface area contributed by atoms with E-state index in [2.05, 4.69) is 15.5 Å². The van der Waals surface area contributed by atoms with Crippen LogP contribution in [0.1, 0.15) is 32.2 Å². The highest BCUT2D eigenvalue weighted by molar-refractivity contribution is 6.30. The lowest BCUT2D eigenvalue weighted by Crippen LogP contribution is -2.16. The van der Waals surface area contributed by atoms with E-state index in [0.717, 1.165) is 6.42 Å². The lowest BCUT2D eigenvalue weighted by atomic mass is 10.1. The van der Waals surface area contributed by atoms with Crippen LogP contribution in [0.15, 0.2) is 18.2 Å². The fourth-order valence-electron chi connectivity index (χ4n) is 2.13. The molecule has 0 aliphatic heterocycles. The van der Waals surface area contributed by atoms with Crippen LogP contribution >= 0.6 is 11.6 Å². The van der Waals surface area contributed by atoms with Gasteiger partial charge in [0.25, 0.3) is 0 Å². The van der Waals surface area contributed by atoms with E-state index in [1.165, 1.54) is 22.9 Å². The van der Waals surface area contributed by atoms with Crippen LogP contribution in [0, 0.1) is 5.82 Å². The highest BCUT2D eigenvalue weighted by Gasteiger charge is 2.22. The van der Waals surface area contributed by atoms with Gasteiger partial charge in [0.15, 0.2) is 5.82 Å². The molecule has 112 valence electrons. The lowest BCUT2D eigenvalue weighted by Gasteiger charge is -2.15. The predicted octanol–water partition coefficient (Wildman–Crippen LogP) is 2.95. The van der Waals surface area contributed by atoms with Gasteiger partial charge in [0, 0.05) is 5.02 Å². The van der Waals surface area contributed by atoms with Crippen molar-refractivity contribution in [2.24, 2.45) is 0 Å². The maximum atomic E-state index is 14.0. The molecule has 1 unspecified atom stereocenters. The summed E-state index contributed by atoms with van der Waals surface area (Å²) in [4.78, 5) is 11.0. The molecule has 8 heteroatoms. The van der Waals surface area contributed by atoms with Crippen molar-refractivity contribution >= 4 is 17.6 Å². The molecule has 6 nitrogen and oxygen atoms in total. The van der Waals surface area contributed by atoms with E-state index in [0.29, 0.717) is 6.42 Å². The van der Waals surface area contributed by atoms with Crippen LogP contribution in [-0.4, -0.2) is 31.3 Å². The Hall–Kier alpha value is -2.02. The molecule has 0 aliphatic rings. The Balaban J connectivity index is 2.42. The molecule has 0 saturated carbocycles. The molecule has 0 fully saturated rings. The number of aliphatic carboxylic acids is 1. The van der Waals surface area contributed by atoms with Gasteiger partial charge in [-0.15, -0.1) is 5.10 Å². The number of benzene rings is 1. The molecular formula is C13H14ClFN4O2. The van der Waals surface area contributed by atoms with Gasteiger partial charge in [-0.05, 0) is 35.0 Å². The highest BCUT2D eigenvalue weighted by Crippen LogP contribution is 2.27. The third-order valence-corrected chi connectivity index (χ3v) is 3.28. The van der Waals surface area contributed by atoms with Crippen molar-refractivity contribution in [3.63, 3.8) is 0 Å². The Morgan fingerprint density at radius 3 is 2.90 bits per heavy atom. The second-order valence-electron chi connectivity index (χ2n) is 4.61. The minimum atomic E-state index is -0.952. The third-order valence-electron chi connectivity index (χ3n) is 3.04. The molecule has 2 rings (SSSR count). The molecule has 0 aliphatic carbocycles. The molecular weight excluding hydrogens is 299 g/mol. The van der Waals surface area contributed by atoms with Gasteiger partial charge < -0.3 is 5.11 Å². The summed E-state index contributed by atoms with van der Waals surface area (Å²) in [5.74, 6) is -1.31. The van der Waals surface area contributed by atoms with E-state index in [9.17, 15) is 9.18 Å². The van der Waals surface area contributed by atoms with Crippen molar-refractivity contribution in [3.8, 4) is 11.4 Å². The zero-order valence-corrected chi connectivity index (χ0v) is 12.1. The van der Waals surface area contributed by atoms with E-state index < -0.39 is 17.8 Å². The molecule has 0 spiro atoms. The smallest absolute Gasteiger partial charge is 0.305 e. The van der Waals surface area contributed by atoms with E-state index in [4.69, 9.17) is 16.7 Å². The molecule has 2 aromatic rings. The van der Waals surface area contributed by atoms with Crippen molar-refractivity contribution in [3.05, 3.63) is 29.0 Å². The summed E-state index contributed by atoms with van der Waals surface area (Å²) in [5, 5.41) is 20.4. The van der Waals surface area contributed by atoms with Crippen LogP contribution in [0.2, 0.25) is 5.02 Å². The summed E-state index contributed by atoms with van der Waals surface area (Å²) in [6.07, 6.45) is 1.22. The topological polar surface area (TPSA) is 80.9 Å². The van der Waals surface area contributed by atoms with Crippen LogP contribution in [0.25, 0.3) is 11.4 Å². The number of nitrogens with zero attached hydrogens (tertiary/aromatic N) is 4. The predicted molar refractivity (Wildman–Crippen MR) is 74.4 cm³/mol. The summed E-state index contributed by atoms with van der Waals surface area (Å²) in [5.41, 5.74) is 0.191. The molecule has 1 aromatic heterocycles. The number of carbonyl (C=O) groups is 1. The number of carboxylic acids is 1. The van der Waals surface area contributed by atoms with Crippen molar-refractivity contribution in [1.29, 1.82) is 0 Å². The van der Waals surface area contributed by atoms with E-state index in [1.54, 1.807) is 0 Å². The molecule has 0 amide bonds. The Labute approximate surface area is 125 Å². The monoisotopic (exact) mass is 312 g/mol. The van der Waals surface area contributed by atoms with Crippen LogP contribution in [-0.2, 0) is 4.79 Å². The average Bonchev–Trinajstić information content (AvgIpc) is 2.86. The average molecular weight is 313 g/mol. The van der Waals surface area contributed by atoms with Crippen LogP contribution < -0.4 is 0 Å². The maximum Gasteiger partial charge on any atom is 0.305 e. The third kappa shape index (κ3) is 3.55. The van der Waals surface area contributed by atoms with E-state index >= 15 is 0 Å². The second kappa shape index (κ2) is 6.62. The SMILES string of the molecule is CCCC(CC(=O)O)n1nnnc1-c1ccc(Cl)cc1F. The molecule has 0 saturated heterocycles. The number of halogens is 2. The molecule has 1 N–H and O–H groups in total. The lowest BCUT2D eigenvalue weighted by molar-refractivity contribution is -0.138. The largest absolute Gasteiger partial charge is 0.481 e. The van der Waals surface area contributed by atoms with Crippen molar-refractivity contribution < 1.29 is 14.3 Å². The summed E-state index contributed by atoms with van der Waals surface area (Å²) in [6, 6.07) is 3.75. The van der Waals surface area contributed by atoms with E-state index in [-0.39, 0.29) is 22.8 Å². The summed E-state index contributed by atoms with van der Waals surface area (Å²) < 4.78 is 15.4. The summed E-state index contributed by atoms with van der Waals surface area (Å²) in [7, 11) is 0. The number of carboxylic acid groups (broad SMARTS) is 1. The van der Waals surface area contributed by atoms with Crippen molar-refractivity contribution in [2.75, 3.05) is 0 Å². The fourth-order valence-corrected chi connectivity index (χ4v) is 2.29. The Kier molecular flexibility index (Phi) is 4.85. The maximum absolute atomic E-state index is 14.0. The molecule has 0 radical (unpaired) electrons. The summed E-state index contributed by atoms with van der Waals surface area (Å²) >= 11 is 5.72. The van der Waals surface area contributed by atoms with Gasteiger partial charge in [0.1, 0.15) is 5.82 Å². The van der Waals surface area contributed by atoms with Gasteiger partial charge >= 0.3 is 5.97 Å². The molecule has 1 aromatic carbocycles. The highest BCUT2D eigenvalue weighted by atomic mass is 35.5. The van der Waals surface area contributed by atoms with Gasteiger partial charge in [-0.2, -0.15) is 0 Å². The van der Waals surface area contributed by atoms with Crippen LogP contribution in [0.5, 0.6) is 0 Å². The fraction of sp³-hybridized carbons (Fsp3) is 0.385. The normalized spacial score (nSPS) is 12.3. The zero-order valence-electron chi connectivity index (χ0n) is 11.3. The number of tetrazole rings is 1. The second-order valence-corrected chi connectivity index (χ2v) is 5.05. The Morgan fingerprint density at radius 1 is 1.52 bits per heavy atom. The van der Waals surface area contributed by atoms with Crippen molar-refractivity contribution in [2.45, 2.75) is 32.2 Å². The Morgan fingerprint density at radius 2 is 2.29 bits per heavy atom. The van der Waals surface area contributed by atoms with Gasteiger partial charge in [-0.25, -0.2) is 9.07 Å². The minimum Gasteiger partial charge on any atom is -0.481 e. The number of hydrogen-bond acceptors (Lipinski definition) is 4. The number of hydrogen-bond donors (Lipinski definition) is 1. The molecule has 0 bridgehead atoms. The van der Waals surface area contributed by atoms with Gasteiger partial charge in [-0.1, -0.05) is 24.9 Å². The first-order valence-corrected chi connectivity index (χ1v) is 6.85. The Bertz CT molecular complexity index is 647. The molecule has 1 atom stereocenters. The number of rotatable bonds is 6. The van der Waals surface area contributed by atoms with E-state index in [1.807, 2.05) is 6.92 Å². The van der Waals surface area contributed by atoms with Crippen LogP contribution in [0.4, 0.5) is 4.39 Å². The standard InChI is InChI=1S/C13H14ClFN4O2/c1-2-3-9(7-12(20)21)19-13(16-17-18-19)10-5-4-8(14)6-11(10)15/h4-6,9H,2-3,7H2,1H3,(H,20,21). The van der Waals surface area contributed by atoms with Gasteiger partial charge in [-0.3, -0.25) is 4.79 Å². The first kappa shape index (κ1) is 15.4. The summed E-state index contributed by atoms with van der Waals surface area (Å²) in [6.45, 7) is 1.93. The number of aromatic nitrogens is 4. The van der Waals surface area contributed by atoms with Crippen molar-refractivity contribution in [1.82, 2.24) is 20.2 Å². The first-order valence-electron chi connectivity index (χ1n) is 6.48. The van der Waals surface area contributed by atoms with Gasteiger partial charge in [0.2, 0.25) is 0 Å². The molecule has 21 heavy (non-hydrogen) atoms. The quantitative estimate of drug-likeness (QED) is 0.887. The molecule has 1 heterocycles. The zero-order chi connectivity index (χ0) is 15.4. The van der Waals surface area contributed by atoms with Crippen LogP contribution in [0.3, 0.4) is 0 Å². The van der Waals surface area contributed by atoms with Gasteiger partial charge in [0.05, 0.1) is 18.0 Å². The minimum absolute atomic E-state index is 0.124. The first-order chi connectivity index (χ1) is 10.0.